The molecule has 1 atom stereocenters. The van der Waals surface area contributed by atoms with Gasteiger partial charge in [0.2, 0.25) is 0 Å². The number of carbonyl (C=O) groups excluding carboxylic acids is 1. The van der Waals surface area contributed by atoms with Crippen LogP contribution in [0.1, 0.15) is 58.4 Å². The van der Waals surface area contributed by atoms with Gasteiger partial charge in [-0.15, -0.1) is 0 Å². The second kappa shape index (κ2) is 15.5. The Kier molecular flexibility index (Phi) is 14.2. The zero-order chi connectivity index (χ0) is 22.1. The SMILES string of the molecule is C=CC(=O)O.C=Cc1ccccc1.CC(C)(C)CCCCCC(=O)OCC1CO1. The van der Waals surface area contributed by atoms with E-state index in [1.807, 2.05) is 36.4 Å². The third-order valence-corrected chi connectivity index (χ3v) is 3.85. The first-order valence-electron chi connectivity index (χ1n) is 9.98. The number of hydrogen-bond acceptors (Lipinski definition) is 4. The van der Waals surface area contributed by atoms with Crippen LogP contribution in [0.4, 0.5) is 0 Å². The van der Waals surface area contributed by atoms with E-state index in [4.69, 9.17) is 14.6 Å². The highest BCUT2D eigenvalue weighted by Crippen LogP contribution is 2.22. The van der Waals surface area contributed by atoms with E-state index in [9.17, 15) is 9.59 Å². The average Bonchev–Trinajstić information content (AvgIpc) is 3.51. The van der Waals surface area contributed by atoms with E-state index in [2.05, 4.69) is 33.9 Å². The molecule has 1 aliphatic heterocycles. The third kappa shape index (κ3) is 20.2. The Balaban J connectivity index is 0.000000498. The zero-order valence-corrected chi connectivity index (χ0v) is 18.1. The van der Waals surface area contributed by atoms with Gasteiger partial charge in [-0.3, -0.25) is 4.79 Å². The molecule has 29 heavy (non-hydrogen) atoms. The fraction of sp³-hybridized carbons (Fsp3) is 0.500. The van der Waals surface area contributed by atoms with Crippen molar-refractivity contribution in [2.45, 2.75) is 59.0 Å². The van der Waals surface area contributed by atoms with Gasteiger partial charge >= 0.3 is 11.9 Å². The summed E-state index contributed by atoms with van der Waals surface area (Å²) in [5, 5.41) is 7.60. The van der Waals surface area contributed by atoms with E-state index in [0.717, 1.165) is 25.5 Å². The number of epoxide rings is 1. The fourth-order valence-corrected chi connectivity index (χ4v) is 2.11. The van der Waals surface area contributed by atoms with Crippen molar-refractivity contribution in [3.8, 4) is 0 Å². The lowest BCUT2D eigenvalue weighted by atomic mass is 9.89. The molecule has 1 heterocycles. The molecular formula is C24H36O5. The molecule has 1 aliphatic rings. The summed E-state index contributed by atoms with van der Waals surface area (Å²) in [4.78, 5) is 20.5. The number of carbonyl (C=O) groups is 2. The maximum atomic E-state index is 11.3. The van der Waals surface area contributed by atoms with Crippen LogP contribution in [0.25, 0.3) is 6.08 Å². The number of benzene rings is 1. The van der Waals surface area contributed by atoms with Gasteiger partial charge in [-0.1, -0.05) is 83.2 Å². The summed E-state index contributed by atoms with van der Waals surface area (Å²) >= 11 is 0. The van der Waals surface area contributed by atoms with Crippen LogP contribution in [0, 0.1) is 5.41 Å². The predicted octanol–water partition coefficient (Wildman–Crippen LogP) is 5.51. The summed E-state index contributed by atoms with van der Waals surface area (Å²) < 4.78 is 10.0. The van der Waals surface area contributed by atoms with Crippen LogP contribution in [-0.2, 0) is 19.1 Å². The second-order valence-corrected chi connectivity index (χ2v) is 7.92. The van der Waals surface area contributed by atoms with Crippen LogP contribution in [0.5, 0.6) is 0 Å². The van der Waals surface area contributed by atoms with Gasteiger partial charge in [0.05, 0.1) is 6.61 Å². The Labute approximate surface area is 175 Å². The fourth-order valence-electron chi connectivity index (χ4n) is 2.11. The lowest BCUT2D eigenvalue weighted by Gasteiger charge is -2.17. The van der Waals surface area contributed by atoms with Crippen molar-refractivity contribution in [1.82, 2.24) is 0 Å². The largest absolute Gasteiger partial charge is 0.478 e. The maximum Gasteiger partial charge on any atom is 0.327 e. The normalized spacial score (nSPS) is 14.2. The van der Waals surface area contributed by atoms with Gasteiger partial charge in [-0.25, -0.2) is 4.79 Å². The summed E-state index contributed by atoms with van der Waals surface area (Å²) in [6.07, 6.45) is 7.88. The van der Waals surface area contributed by atoms with Crippen molar-refractivity contribution in [2.75, 3.05) is 13.2 Å². The van der Waals surface area contributed by atoms with Crippen LogP contribution in [0.3, 0.4) is 0 Å². The molecular weight excluding hydrogens is 368 g/mol. The van der Waals surface area contributed by atoms with Crippen molar-refractivity contribution in [2.24, 2.45) is 5.41 Å². The number of rotatable bonds is 9. The van der Waals surface area contributed by atoms with E-state index in [1.54, 1.807) is 0 Å². The molecule has 0 bridgehead atoms. The highest BCUT2D eigenvalue weighted by molar-refractivity contribution is 5.78. The van der Waals surface area contributed by atoms with Gasteiger partial charge in [-0.05, 0) is 23.8 Å². The molecule has 2 rings (SSSR count). The molecule has 0 amide bonds. The summed E-state index contributed by atoms with van der Waals surface area (Å²) in [7, 11) is 0. The van der Waals surface area contributed by atoms with E-state index in [-0.39, 0.29) is 12.1 Å². The molecule has 162 valence electrons. The van der Waals surface area contributed by atoms with E-state index < -0.39 is 5.97 Å². The number of carboxylic acids is 1. The minimum atomic E-state index is -0.981. The highest BCUT2D eigenvalue weighted by atomic mass is 16.6. The molecule has 1 fully saturated rings. The number of hydrogen-bond donors (Lipinski definition) is 1. The molecule has 5 nitrogen and oxygen atoms in total. The lowest BCUT2D eigenvalue weighted by Crippen LogP contribution is -2.09. The predicted molar refractivity (Wildman–Crippen MR) is 118 cm³/mol. The van der Waals surface area contributed by atoms with Gasteiger partial charge in [0, 0.05) is 12.5 Å². The topological polar surface area (TPSA) is 76.1 Å². The summed E-state index contributed by atoms with van der Waals surface area (Å²) in [6, 6.07) is 10.0. The Morgan fingerprint density at radius 1 is 1.17 bits per heavy atom. The summed E-state index contributed by atoms with van der Waals surface area (Å²) in [6.45, 7) is 14.5. The van der Waals surface area contributed by atoms with Gasteiger partial charge in [0.15, 0.2) is 0 Å². The smallest absolute Gasteiger partial charge is 0.327 e. The van der Waals surface area contributed by atoms with Gasteiger partial charge in [0.1, 0.15) is 12.7 Å². The third-order valence-electron chi connectivity index (χ3n) is 3.85. The Morgan fingerprint density at radius 3 is 2.17 bits per heavy atom. The van der Waals surface area contributed by atoms with Crippen LogP contribution < -0.4 is 0 Å². The molecule has 1 unspecified atom stereocenters. The number of aliphatic carboxylic acids is 1. The van der Waals surface area contributed by atoms with Gasteiger partial charge < -0.3 is 14.6 Å². The average molecular weight is 405 g/mol. The number of unbranched alkanes of at least 4 members (excludes halogenated alkanes) is 2. The van der Waals surface area contributed by atoms with Crippen molar-refractivity contribution < 1.29 is 24.2 Å². The number of ether oxygens (including phenoxy) is 2. The summed E-state index contributed by atoms with van der Waals surface area (Å²) in [5.41, 5.74) is 1.58. The highest BCUT2D eigenvalue weighted by Gasteiger charge is 2.23. The molecule has 0 spiro atoms. The zero-order valence-electron chi connectivity index (χ0n) is 18.1. The maximum absolute atomic E-state index is 11.3. The Hall–Kier alpha value is -2.40. The number of esters is 1. The van der Waals surface area contributed by atoms with Crippen LogP contribution in [0.15, 0.2) is 49.6 Å². The first-order valence-corrected chi connectivity index (χ1v) is 9.98. The monoisotopic (exact) mass is 404 g/mol. The van der Waals surface area contributed by atoms with Gasteiger partial charge in [0.25, 0.3) is 0 Å². The molecule has 0 radical (unpaired) electrons. The second-order valence-electron chi connectivity index (χ2n) is 7.92. The number of carboxylic acid groups (broad SMARTS) is 1. The minimum absolute atomic E-state index is 0.0775. The van der Waals surface area contributed by atoms with Crippen molar-refractivity contribution in [3.05, 3.63) is 55.1 Å². The quantitative estimate of drug-likeness (QED) is 0.254. The minimum Gasteiger partial charge on any atom is -0.478 e. The molecule has 0 aliphatic carbocycles. The van der Waals surface area contributed by atoms with Crippen LogP contribution >= 0.6 is 0 Å². The molecule has 1 aromatic rings. The lowest BCUT2D eigenvalue weighted by molar-refractivity contribution is -0.144. The van der Waals surface area contributed by atoms with Crippen molar-refractivity contribution >= 4 is 18.0 Å². The van der Waals surface area contributed by atoms with Crippen molar-refractivity contribution in [3.63, 3.8) is 0 Å². The molecule has 1 saturated heterocycles. The van der Waals surface area contributed by atoms with Crippen LogP contribution in [0.2, 0.25) is 0 Å². The molecule has 5 heteroatoms. The first kappa shape index (κ1) is 26.6. The van der Waals surface area contributed by atoms with E-state index >= 15 is 0 Å². The summed E-state index contributed by atoms with van der Waals surface area (Å²) in [5.74, 6) is -1.06. The standard InChI is InChI=1S/C13H24O3.C8H8.C3H4O2/c1-13(2,3)8-6-4-5-7-12(14)16-10-11-9-15-11;1-2-8-6-4-3-5-7-8;1-2-3(4)5/h11H,4-10H2,1-3H3;2-7H,1H2;2H,1H2,(H,4,5). The van der Waals surface area contributed by atoms with Crippen LogP contribution in [-0.4, -0.2) is 36.4 Å². The van der Waals surface area contributed by atoms with E-state index in [1.165, 1.54) is 18.4 Å². The molecule has 0 aromatic heterocycles. The Morgan fingerprint density at radius 2 is 1.76 bits per heavy atom. The Bertz CT molecular complexity index is 597. The molecule has 0 saturated carbocycles. The van der Waals surface area contributed by atoms with Crippen molar-refractivity contribution in [1.29, 1.82) is 0 Å². The molecule has 1 aromatic carbocycles. The molecule has 1 N–H and O–H groups in total. The van der Waals surface area contributed by atoms with Gasteiger partial charge in [-0.2, -0.15) is 0 Å². The first-order chi connectivity index (χ1) is 13.7. The van der Waals surface area contributed by atoms with E-state index in [0.29, 0.717) is 18.4 Å².